The maximum atomic E-state index is 14.6. The van der Waals surface area contributed by atoms with Gasteiger partial charge in [0, 0.05) is 60.1 Å². The second kappa shape index (κ2) is 9.32. The van der Waals surface area contributed by atoms with Crippen LogP contribution in [-0.2, 0) is 34.0 Å². The summed E-state index contributed by atoms with van der Waals surface area (Å²) < 4.78 is 25.8. The number of hydrogen-bond acceptors (Lipinski definition) is 7. The van der Waals surface area contributed by atoms with E-state index in [0.29, 0.717) is 56.0 Å². The van der Waals surface area contributed by atoms with Crippen LogP contribution in [0, 0.1) is 5.82 Å². The number of nitrogens with zero attached hydrogens (tertiary/aromatic N) is 2. The van der Waals surface area contributed by atoms with E-state index in [9.17, 15) is 18.8 Å². The van der Waals surface area contributed by atoms with Crippen molar-refractivity contribution in [3.05, 3.63) is 51.0 Å². The van der Waals surface area contributed by atoms with Crippen LogP contribution >= 0.6 is 11.3 Å². The third kappa shape index (κ3) is 4.58. The van der Waals surface area contributed by atoms with Crippen LogP contribution in [0.3, 0.4) is 0 Å². The van der Waals surface area contributed by atoms with Crippen molar-refractivity contribution in [2.75, 3.05) is 26.3 Å². The first-order valence-electron chi connectivity index (χ1n) is 11.2. The minimum absolute atomic E-state index is 0.0608. The fraction of sp³-hybridized carbons (Fsp3) is 0.458. The predicted octanol–water partition coefficient (Wildman–Crippen LogP) is 2.94. The maximum absolute atomic E-state index is 14.6. The highest BCUT2D eigenvalue weighted by Crippen LogP contribution is 2.35. The number of rotatable bonds is 6. The molecule has 1 aliphatic carbocycles. The van der Waals surface area contributed by atoms with E-state index in [1.54, 1.807) is 22.4 Å². The molecule has 1 amide bonds. The summed E-state index contributed by atoms with van der Waals surface area (Å²) in [4.78, 5) is 41.3. The number of benzene rings is 1. The van der Waals surface area contributed by atoms with Gasteiger partial charge in [-0.2, -0.15) is 0 Å². The molecule has 9 heteroatoms. The topological polar surface area (TPSA) is 76.2 Å². The average Bonchev–Trinajstić information content (AvgIpc) is 3.35. The van der Waals surface area contributed by atoms with Gasteiger partial charge >= 0.3 is 0 Å². The van der Waals surface area contributed by atoms with E-state index in [4.69, 9.17) is 9.47 Å². The normalized spacial score (nSPS) is 21.5. The molecule has 33 heavy (non-hydrogen) atoms. The molecule has 0 N–H and O–H groups in total. The Morgan fingerprint density at radius 2 is 2.00 bits per heavy atom. The molecule has 7 nitrogen and oxygen atoms in total. The Labute approximate surface area is 195 Å². The first kappa shape index (κ1) is 22.2. The zero-order valence-electron chi connectivity index (χ0n) is 18.2. The standard InChI is InChI=1S/C24H25FN2O5S/c25-20-10-17(3-1-15(20)11-26-5-7-31-8-6-26)32-13-23-18-12-27(24(30)19(18)14-33-23)21-4-2-16(28)9-22(21)29/h1,3,10,14,21H,2,4-9,11-13H2/t21-/m0/s1. The van der Waals surface area contributed by atoms with Crippen molar-refractivity contribution in [3.63, 3.8) is 0 Å². The molecule has 1 saturated carbocycles. The largest absolute Gasteiger partial charge is 0.488 e. The Hall–Kier alpha value is -2.62. The molecule has 0 bridgehead atoms. The minimum atomic E-state index is -0.533. The van der Waals surface area contributed by atoms with E-state index in [2.05, 4.69) is 4.90 Å². The van der Waals surface area contributed by atoms with E-state index < -0.39 is 6.04 Å². The Balaban J connectivity index is 1.22. The Kier molecular flexibility index (Phi) is 6.27. The van der Waals surface area contributed by atoms with Crippen molar-refractivity contribution < 1.29 is 28.2 Å². The molecule has 0 radical (unpaired) electrons. The van der Waals surface area contributed by atoms with E-state index in [1.165, 1.54) is 17.4 Å². The third-order valence-electron chi connectivity index (χ3n) is 6.51. The number of ether oxygens (including phenoxy) is 2. The fourth-order valence-electron chi connectivity index (χ4n) is 4.63. The van der Waals surface area contributed by atoms with Gasteiger partial charge in [0.15, 0.2) is 5.78 Å². The number of halogens is 1. The van der Waals surface area contributed by atoms with Crippen molar-refractivity contribution >= 4 is 28.8 Å². The number of ketones is 2. The van der Waals surface area contributed by atoms with Gasteiger partial charge in [0.25, 0.3) is 5.91 Å². The first-order chi connectivity index (χ1) is 16.0. The fourth-order valence-corrected chi connectivity index (χ4v) is 5.58. The van der Waals surface area contributed by atoms with Crippen molar-refractivity contribution in [1.82, 2.24) is 9.80 Å². The van der Waals surface area contributed by atoms with Gasteiger partial charge in [0.2, 0.25) is 0 Å². The Morgan fingerprint density at radius 3 is 2.76 bits per heavy atom. The number of morpholine rings is 1. The van der Waals surface area contributed by atoms with E-state index >= 15 is 0 Å². The smallest absolute Gasteiger partial charge is 0.255 e. The van der Waals surface area contributed by atoms with Crippen molar-refractivity contribution in [3.8, 4) is 5.75 Å². The number of carbonyl (C=O) groups excluding carboxylic acids is 3. The Morgan fingerprint density at radius 1 is 1.18 bits per heavy atom. The van der Waals surface area contributed by atoms with Crippen LogP contribution < -0.4 is 4.74 Å². The molecule has 1 aromatic heterocycles. The summed E-state index contributed by atoms with van der Waals surface area (Å²) in [5.41, 5.74) is 2.08. The molecule has 5 rings (SSSR count). The van der Waals surface area contributed by atoms with Crippen LogP contribution in [0.1, 0.15) is 45.6 Å². The SMILES string of the molecule is O=C1CC[C@H](N2Cc3c(csc3COc3ccc(CN4CCOCC4)c(F)c3)C2=O)C(=O)C1. The van der Waals surface area contributed by atoms with E-state index in [1.807, 2.05) is 0 Å². The van der Waals surface area contributed by atoms with Crippen molar-refractivity contribution in [2.24, 2.45) is 0 Å². The molecule has 1 aromatic carbocycles. The predicted molar refractivity (Wildman–Crippen MR) is 119 cm³/mol. The van der Waals surface area contributed by atoms with Crippen LogP contribution in [0.4, 0.5) is 4.39 Å². The monoisotopic (exact) mass is 472 g/mol. The number of hydrogen-bond donors (Lipinski definition) is 0. The zero-order valence-corrected chi connectivity index (χ0v) is 19.0. The van der Waals surface area contributed by atoms with Gasteiger partial charge in [-0.1, -0.05) is 6.07 Å². The summed E-state index contributed by atoms with van der Waals surface area (Å²) in [5.74, 6) is -0.281. The lowest BCUT2D eigenvalue weighted by molar-refractivity contribution is -0.133. The van der Waals surface area contributed by atoms with Crippen LogP contribution in [0.5, 0.6) is 5.75 Å². The van der Waals surface area contributed by atoms with Gasteiger partial charge in [0.1, 0.15) is 24.0 Å². The highest BCUT2D eigenvalue weighted by Gasteiger charge is 2.40. The molecule has 174 valence electrons. The molecule has 1 saturated heterocycles. The first-order valence-corrected chi connectivity index (χ1v) is 12.0. The lowest BCUT2D eigenvalue weighted by Gasteiger charge is -2.29. The molecule has 2 aromatic rings. The summed E-state index contributed by atoms with van der Waals surface area (Å²) >= 11 is 1.43. The maximum Gasteiger partial charge on any atom is 0.255 e. The lowest BCUT2D eigenvalue weighted by Crippen LogP contribution is -2.44. The number of carbonyl (C=O) groups is 3. The van der Waals surface area contributed by atoms with Gasteiger partial charge in [-0.3, -0.25) is 19.3 Å². The summed E-state index contributed by atoms with van der Waals surface area (Å²) in [6.07, 6.45) is 0.624. The van der Waals surface area contributed by atoms with E-state index in [0.717, 1.165) is 23.5 Å². The Bertz CT molecular complexity index is 1090. The summed E-state index contributed by atoms with van der Waals surface area (Å²) in [6.45, 7) is 4.02. The van der Waals surface area contributed by atoms with Crippen LogP contribution in [0.2, 0.25) is 0 Å². The third-order valence-corrected chi connectivity index (χ3v) is 7.51. The van der Waals surface area contributed by atoms with Gasteiger partial charge in [-0.05, 0) is 12.5 Å². The van der Waals surface area contributed by atoms with Crippen molar-refractivity contribution in [2.45, 2.75) is 45.0 Å². The quantitative estimate of drug-likeness (QED) is 0.602. The number of fused-ring (bicyclic) bond motifs is 1. The van der Waals surface area contributed by atoms with E-state index in [-0.39, 0.29) is 36.3 Å². The van der Waals surface area contributed by atoms with Crippen molar-refractivity contribution in [1.29, 1.82) is 0 Å². The summed E-state index contributed by atoms with van der Waals surface area (Å²) in [7, 11) is 0. The molecule has 0 spiro atoms. The number of amides is 1. The molecular formula is C24H25FN2O5S. The van der Waals surface area contributed by atoms with Gasteiger partial charge in [0.05, 0.1) is 31.2 Å². The molecule has 3 heterocycles. The summed E-state index contributed by atoms with van der Waals surface area (Å²) in [5, 5.41) is 1.79. The average molecular weight is 473 g/mol. The molecule has 3 aliphatic rings. The van der Waals surface area contributed by atoms with Gasteiger partial charge in [-0.15, -0.1) is 11.3 Å². The van der Waals surface area contributed by atoms with Gasteiger partial charge in [-0.25, -0.2) is 4.39 Å². The molecule has 2 aliphatic heterocycles. The van der Waals surface area contributed by atoms with Crippen LogP contribution in [-0.4, -0.2) is 59.6 Å². The number of Topliss-reactive ketones (excluding diaryl/α,β-unsaturated/α-hetero) is 2. The molecule has 1 atom stereocenters. The zero-order chi connectivity index (χ0) is 22.9. The second-order valence-corrected chi connectivity index (χ2v) is 9.62. The highest BCUT2D eigenvalue weighted by atomic mass is 32.1. The lowest BCUT2D eigenvalue weighted by atomic mass is 9.92. The molecular weight excluding hydrogens is 447 g/mol. The second-order valence-electron chi connectivity index (χ2n) is 8.65. The number of thiophene rings is 1. The van der Waals surface area contributed by atoms with Crippen LogP contribution in [0.25, 0.3) is 0 Å². The van der Waals surface area contributed by atoms with Gasteiger partial charge < -0.3 is 14.4 Å². The molecule has 0 unspecified atom stereocenters. The highest BCUT2D eigenvalue weighted by molar-refractivity contribution is 7.10. The summed E-state index contributed by atoms with van der Waals surface area (Å²) in [6, 6.07) is 4.38. The minimum Gasteiger partial charge on any atom is -0.488 e. The van der Waals surface area contributed by atoms with Crippen LogP contribution in [0.15, 0.2) is 23.6 Å². The molecule has 2 fully saturated rings.